The number of fused-ring (bicyclic) bond motifs is 1. The average molecular weight is 446 g/mol. The molecule has 0 fully saturated rings. The molecular formula is C23H20F2N8. The van der Waals surface area contributed by atoms with Crippen LogP contribution in [-0.4, -0.2) is 36.3 Å². The molecule has 5 aromatic rings. The first kappa shape index (κ1) is 20.6. The van der Waals surface area contributed by atoms with Crippen LogP contribution in [0.15, 0.2) is 55.1 Å². The minimum atomic E-state index is -0.687. The van der Waals surface area contributed by atoms with Gasteiger partial charge in [0.2, 0.25) is 5.95 Å². The molecule has 10 heteroatoms. The van der Waals surface area contributed by atoms with Gasteiger partial charge in [-0.15, -0.1) is 0 Å². The number of benzene rings is 1. The Bertz CT molecular complexity index is 1470. The molecule has 0 radical (unpaired) electrons. The molecule has 0 atom stereocenters. The predicted molar refractivity (Wildman–Crippen MR) is 123 cm³/mol. The summed E-state index contributed by atoms with van der Waals surface area (Å²) in [6, 6.07) is 7.15. The van der Waals surface area contributed by atoms with Gasteiger partial charge in [0.25, 0.3) is 0 Å². The number of pyridine rings is 1. The van der Waals surface area contributed by atoms with Crippen molar-refractivity contribution in [3.8, 4) is 22.4 Å². The van der Waals surface area contributed by atoms with E-state index in [0.29, 0.717) is 23.7 Å². The Kier molecular flexibility index (Phi) is 4.97. The van der Waals surface area contributed by atoms with Crippen LogP contribution in [0.1, 0.15) is 6.92 Å². The molecule has 3 N–H and O–H groups in total. The van der Waals surface area contributed by atoms with Gasteiger partial charge in [0.1, 0.15) is 23.1 Å². The number of nitrogens with two attached hydrogens (primary N) is 1. The van der Waals surface area contributed by atoms with Crippen LogP contribution < -0.4 is 10.6 Å². The molecule has 0 aliphatic carbocycles. The van der Waals surface area contributed by atoms with E-state index in [-0.39, 0.29) is 11.6 Å². The summed E-state index contributed by atoms with van der Waals surface area (Å²) < 4.78 is 29.6. The second kappa shape index (κ2) is 7.97. The van der Waals surface area contributed by atoms with Crippen molar-refractivity contribution in [2.75, 3.05) is 17.2 Å². The van der Waals surface area contributed by atoms with Crippen molar-refractivity contribution in [3.05, 3.63) is 66.8 Å². The summed E-state index contributed by atoms with van der Waals surface area (Å²) in [4.78, 5) is 18.0. The minimum absolute atomic E-state index is 0.0363. The highest BCUT2D eigenvalue weighted by atomic mass is 19.1. The fourth-order valence-electron chi connectivity index (χ4n) is 3.83. The predicted octanol–water partition coefficient (Wildman–Crippen LogP) is 4.44. The normalized spacial score (nSPS) is 11.3. The number of aromatic amines is 1. The van der Waals surface area contributed by atoms with Gasteiger partial charge >= 0.3 is 0 Å². The molecule has 0 unspecified atom stereocenters. The second-order valence-corrected chi connectivity index (χ2v) is 7.53. The zero-order valence-corrected chi connectivity index (χ0v) is 17.9. The van der Waals surface area contributed by atoms with E-state index in [4.69, 9.17) is 5.73 Å². The number of nitrogens with zero attached hydrogens (tertiary/aromatic N) is 6. The van der Waals surface area contributed by atoms with Crippen LogP contribution in [0.5, 0.6) is 0 Å². The van der Waals surface area contributed by atoms with Crippen molar-refractivity contribution in [2.24, 2.45) is 7.05 Å². The Morgan fingerprint density at radius 3 is 2.67 bits per heavy atom. The molecule has 0 aliphatic heterocycles. The first-order valence-corrected chi connectivity index (χ1v) is 10.3. The third kappa shape index (κ3) is 3.75. The summed E-state index contributed by atoms with van der Waals surface area (Å²) in [6.45, 7) is 2.23. The Balaban J connectivity index is 1.62. The monoisotopic (exact) mass is 446 g/mol. The lowest BCUT2D eigenvalue weighted by atomic mass is 10.1. The fourth-order valence-corrected chi connectivity index (χ4v) is 3.83. The van der Waals surface area contributed by atoms with Crippen molar-refractivity contribution >= 4 is 28.5 Å². The number of anilines is 3. The summed E-state index contributed by atoms with van der Waals surface area (Å²) >= 11 is 0. The third-order valence-corrected chi connectivity index (χ3v) is 5.37. The van der Waals surface area contributed by atoms with E-state index in [1.54, 1.807) is 34.2 Å². The maximum Gasteiger partial charge on any atom is 0.222 e. The van der Waals surface area contributed by atoms with Crippen LogP contribution in [0.3, 0.4) is 0 Å². The van der Waals surface area contributed by atoms with Crippen LogP contribution in [0.2, 0.25) is 0 Å². The number of aryl methyl sites for hydroxylation is 1. The van der Waals surface area contributed by atoms with Crippen molar-refractivity contribution in [3.63, 3.8) is 0 Å². The first-order valence-electron chi connectivity index (χ1n) is 10.3. The highest BCUT2D eigenvalue weighted by molar-refractivity contribution is 5.95. The van der Waals surface area contributed by atoms with Gasteiger partial charge < -0.3 is 15.6 Å². The zero-order chi connectivity index (χ0) is 23.1. The SMILES string of the molecule is CCN(c1cc(-c2c[nH]c3ncc(-c4cnn(C)c4)cc23)nc(N)n1)c1ccc(F)cc1F. The maximum atomic E-state index is 14.5. The Morgan fingerprint density at radius 1 is 1.09 bits per heavy atom. The molecule has 0 saturated heterocycles. The third-order valence-electron chi connectivity index (χ3n) is 5.37. The van der Waals surface area contributed by atoms with Crippen molar-refractivity contribution in [1.29, 1.82) is 0 Å². The number of H-pyrrole nitrogens is 1. The largest absolute Gasteiger partial charge is 0.368 e. The summed E-state index contributed by atoms with van der Waals surface area (Å²) in [7, 11) is 1.85. The smallest absolute Gasteiger partial charge is 0.222 e. The quantitative estimate of drug-likeness (QED) is 0.414. The van der Waals surface area contributed by atoms with E-state index < -0.39 is 11.6 Å². The highest BCUT2D eigenvalue weighted by Gasteiger charge is 2.18. The van der Waals surface area contributed by atoms with E-state index in [1.165, 1.54) is 12.1 Å². The Hall–Kier alpha value is -4.34. The summed E-state index contributed by atoms with van der Waals surface area (Å²) in [6.07, 6.45) is 7.25. The van der Waals surface area contributed by atoms with Crippen molar-refractivity contribution in [2.45, 2.75) is 6.92 Å². The molecule has 4 aromatic heterocycles. The van der Waals surface area contributed by atoms with Gasteiger partial charge in [0, 0.05) is 66.4 Å². The average Bonchev–Trinajstić information content (AvgIpc) is 3.41. The van der Waals surface area contributed by atoms with E-state index in [2.05, 4.69) is 25.0 Å². The van der Waals surface area contributed by atoms with Crippen LogP contribution in [-0.2, 0) is 7.05 Å². The van der Waals surface area contributed by atoms with Crippen molar-refractivity contribution in [1.82, 2.24) is 29.7 Å². The molecule has 33 heavy (non-hydrogen) atoms. The van der Waals surface area contributed by atoms with Gasteiger partial charge in [-0.25, -0.2) is 18.7 Å². The maximum absolute atomic E-state index is 14.5. The molecule has 0 amide bonds. The van der Waals surface area contributed by atoms with Crippen LogP contribution in [0.25, 0.3) is 33.4 Å². The van der Waals surface area contributed by atoms with Gasteiger partial charge in [-0.2, -0.15) is 10.1 Å². The Morgan fingerprint density at radius 2 is 1.94 bits per heavy atom. The molecule has 1 aromatic carbocycles. The lowest BCUT2D eigenvalue weighted by Gasteiger charge is -2.23. The summed E-state index contributed by atoms with van der Waals surface area (Å²) in [5.41, 5.74) is 10.1. The molecule has 0 saturated carbocycles. The van der Waals surface area contributed by atoms with Crippen molar-refractivity contribution < 1.29 is 8.78 Å². The minimum Gasteiger partial charge on any atom is -0.368 e. The highest BCUT2D eigenvalue weighted by Crippen LogP contribution is 2.34. The number of hydrogen-bond acceptors (Lipinski definition) is 6. The molecule has 8 nitrogen and oxygen atoms in total. The molecule has 0 spiro atoms. The fraction of sp³-hybridized carbons (Fsp3) is 0.130. The van der Waals surface area contributed by atoms with Gasteiger partial charge in [0.05, 0.1) is 17.6 Å². The van der Waals surface area contributed by atoms with E-state index in [0.717, 1.165) is 28.1 Å². The van der Waals surface area contributed by atoms with Gasteiger partial charge in [-0.1, -0.05) is 0 Å². The molecule has 5 rings (SSSR count). The Labute approximate surface area is 187 Å². The number of aromatic nitrogens is 6. The number of halogens is 2. The molecule has 0 aliphatic rings. The number of hydrogen-bond donors (Lipinski definition) is 2. The summed E-state index contributed by atoms with van der Waals surface area (Å²) in [5, 5.41) is 5.06. The standard InChI is InChI=1S/C23H20F2N8/c1-3-33(20-5-4-15(24)7-18(20)25)21-8-19(30-23(26)31-21)17-11-28-22-16(17)6-13(9-27-22)14-10-29-32(2)12-14/h4-12H,3H2,1-2H3,(H,27,28)(H2,26,30,31). The van der Waals surface area contributed by atoms with E-state index in [9.17, 15) is 8.78 Å². The lowest BCUT2D eigenvalue weighted by Crippen LogP contribution is -2.19. The van der Waals surface area contributed by atoms with Crippen LogP contribution in [0.4, 0.5) is 26.2 Å². The van der Waals surface area contributed by atoms with Gasteiger partial charge in [-0.05, 0) is 25.1 Å². The van der Waals surface area contributed by atoms with E-state index >= 15 is 0 Å². The topological polar surface area (TPSA) is 102 Å². The number of rotatable bonds is 5. The molecule has 0 bridgehead atoms. The lowest BCUT2D eigenvalue weighted by molar-refractivity contribution is 0.582. The summed E-state index contributed by atoms with van der Waals surface area (Å²) in [5.74, 6) is -0.899. The van der Waals surface area contributed by atoms with Crippen LogP contribution in [0, 0.1) is 11.6 Å². The van der Waals surface area contributed by atoms with Gasteiger partial charge in [0.15, 0.2) is 0 Å². The molecular weight excluding hydrogens is 426 g/mol. The first-order chi connectivity index (χ1) is 15.9. The number of nitrogen functional groups attached to an aromatic ring is 1. The number of nitrogens with one attached hydrogen (secondary N) is 1. The second-order valence-electron chi connectivity index (χ2n) is 7.53. The van der Waals surface area contributed by atoms with Crippen LogP contribution >= 0.6 is 0 Å². The van der Waals surface area contributed by atoms with E-state index in [1.807, 2.05) is 26.2 Å². The zero-order valence-electron chi connectivity index (χ0n) is 17.9. The molecule has 166 valence electrons. The molecule has 4 heterocycles. The van der Waals surface area contributed by atoms with Gasteiger partial charge in [-0.3, -0.25) is 4.68 Å².